The fourth-order valence-corrected chi connectivity index (χ4v) is 1.87. The van der Waals surface area contributed by atoms with Crippen molar-refractivity contribution in [3.05, 3.63) is 29.8 Å². The SMILES string of the molecule is CCOC(CNC(=O)NCCCOc1ccc(C)cc1)OCC. The molecule has 6 nitrogen and oxygen atoms in total. The van der Waals surface area contributed by atoms with Crippen molar-refractivity contribution in [2.75, 3.05) is 32.9 Å². The minimum atomic E-state index is -0.402. The largest absolute Gasteiger partial charge is 0.494 e. The van der Waals surface area contributed by atoms with Crippen LogP contribution >= 0.6 is 0 Å². The minimum Gasteiger partial charge on any atom is -0.494 e. The van der Waals surface area contributed by atoms with Gasteiger partial charge in [0.05, 0.1) is 13.2 Å². The number of ether oxygens (including phenoxy) is 3. The number of benzene rings is 1. The molecule has 0 aliphatic rings. The van der Waals surface area contributed by atoms with Crippen molar-refractivity contribution in [3.8, 4) is 5.75 Å². The second kappa shape index (κ2) is 11.7. The Hall–Kier alpha value is -1.79. The molecule has 23 heavy (non-hydrogen) atoms. The average molecular weight is 324 g/mol. The topological polar surface area (TPSA) is 68.8 Å². The number of hydrogen-bond donors (Lipinski definition) is 2. The zero-order valence-corrected chi connectivity index (χ0v) is 14.3. The third-order valence-corrected chi connectivity index (χ3v) is 3.03. The van der Waals surface area contributed by atoms with E-state index in [0.717, 1.165) is 12.2 Å². The summed E-state index contributed by atoms with van der Waals surface area (Å²) < 4.78 is 16.3. The van der Waals surface area contributed by atoms with Gasteiger partial charge in [0.15, 0.2) is 6.29 Å². The van der Waals surface area contributed by atoms with Gasteiger partial charge >= 0.3 is 6.03 Å². The van der Waals surface area contributed by atoms with E-state index >= 15 is 0 Å². The van der Waals surface area contributed by atoms with E-state index in [9.17, 15) is 4.79 Å². The Morgan fingerprint density at radius 3 is 2.35 bits per heavy atom. The zero-order valence-electron chi connectivity index (χ0n) is 14.3. The molecule has 0 atom stereocenters. The van der Waals surface area contributed by atoms with Crippen molar-refractivity contribution in [3.63, 3.8) is 0 Å². The van der Waals surface area contributed by atoms with E-state index in [1.54, 1.807) is 0 Å². The number of aryl methyl sites for hydroxylation is 1. The summed E-state index contributed by atoms with van der Waals surface area (Å²) in [6.07, 6.45) is 0.336. The van der Waals surface area contributed by atoms with Gasteiger partial charge < -0.3 is 24.8 Å². The van der Waals surface area contributed by atoms with Crippen LogP contribution in [0.25, 0.3) is 0 Å². The number of hydrogen-bond acceptors (Lipinski definition) is 4. The van der Waals surface area contributed by atoms with E-state index in [1.807, 2.05) is 45.0 Å². The molecule has 0 aromatic heterocycles. The summed E-state index contributed by atoms with van der Waals surface area (Å²) in [6.45, 7) is 8.34. The van der Waals surface area contributed by atoms with Crippen LogP contribution in [0.4, 0.5) is 4.79 Å². The van der Waals surface area contributed by atoms with Crippen LogP contribution < -0.4 is 15.4 Å². The second-order valence-corrected chi connectivity index (χ2v) is 4.99. The lowest BCUT2D eigenvalue weighted by atomic mass is 10.2. The third-order valence-electron chi connectivity index (χ3n) is 3.03. The first-order valence-electron chi connectivity index (χ1n) is 8.10. The molecule has 130 valence electrons. The van der Waals surface area contributed by atoms with Gasteiger partial charge in [0, 0.05) is 19.8 Å². The molecule has 1 aromatic rings. The van der Waals surface area contributed by atoms with Crippen LogP contribution in [0.15, 0.2) is 24.3 Å². The molecule has 1 rings (SSSR count). The number of carbonyl (C=O) groups is 1. The molecule has 6 heteroatoms. The van der Waals surface area contributed by atoms with Crippen LogP contribution in [0, 0.1) is 6.92 Å². The molecule has 0 fully saturated rings. The monoisotopic (exact) mass is 324 g/mol. The van der Waals surface area contributed by atoms with E-state index < -0.39 is 6.29 Å². The molecular weight excluding hydrogens is 296 g/mol. The van der Waals surface area contributed by atoms with Gasteiger partial charge in [-0.3, -0.25) is 0 Å². The van der Waals surface area contributed by atoms with Crippen molar-refractivity contribution in [1.82, 2.24) is 10.6 Å². The van der Waals surface area contributed by atoms with E-state index in [2.05, 4.69) is 10.6 Å². The lowest BCUT2D eigenvalue weighted by Gasteiger charge is -2.17. The zero-order chi connectivity index (χ0) is 16.9. The molecule has 0 radical (unpaired) electrons. The van der Waals surface area contributed by atoms with Gasteiger partial charge in [-0.05, 0) is 39.3 Å². The standard InChI is InChI=1S/C17H28N2O4/c1-4-21-16(22-5-2)13-19-17(20)18-11-6-12-23-15-9-7-14(3)8-10-15/h7-10,16H,4-6,11-13H2,1-3H3,(H2,18,19,20). The molecule has 0 aliphatic heterocycles. The molecule has 2 amide bonds. The molecular formula is C17H28N2O4. The predicted molar refractivity (Wildman–Crippen MR) is 89.7 cm³/mol. The van der Waals surface area contributed by atoms with Gasteiger partial charge in [-0.15, -0.1) is 0 Å². The second-order valence-electron chi connectivity index (χ2n) is 4.99. The number of carbonyl (C=O) groups excluding carboxylic acids is 1. The lowest BCUT2D eigenvalue weighted by Crippen LogP contribution is -2.41. The van der Waals surface area contributed by atoms with Crippen LogP contribution in [0.3, 0.4) is 0 Å². The predicted octanol–water partition coefficient (Wildman–Crippen LogP) is 2.46. The Bertz CT molecular complexity index is 431. The van der Waals surface area contributed by atoms with Gasteiger partial charge in [0.1, 0.15) is 5.75 Å². The molecule has 2 N–H and O–H groups in total. The van der Waals surface area contributed by atoms with Gasteiger partial charge in [-0.1, -0.05) is 17.7 Å². The third kappa shape index (κ3) is 9.05. The molecule has 1 aromatic carbocycles. The number of amides is 2. The summed E-state index contributed by atoms with van der Waals surface area (Å²) in [5.74, 6) is 0.844. The lowest BCUT2D eigenvalue weighted by molar-refractivity contribution is -0.131. The van der Waals surface area contributed by atoms with E-state index in [0.29, 0.717) is 32.9 Å². The highest BCUT2D eigenvalue weighted by molar-refractivity contribution is 5.73. The highest BCUT2D eigenvalue weighted by Gasteiger charge is 2.09. The smallest absolute Gasteiger partial charge is 0.314 e. The van der Waals surface area contributed by atoms with Gasteiger partial charge in [-0.2, -0.15) is 0 Å². The van der Waals surface area contributed by atoms with Gasteiger partial charge in [0.2, 0.25) is 0 Å². The fourth-order valence-electron chi connectivity index (χ4n) is 1.87. The first kappa shape index (κ1) is 19.3. The van der Waals surface area contributed by atoms with Crippen LogP contribution in [0.5, 0.6) is 5.75 Å². The first-order valence-corrected chi connectivity index (χ1v) is 8.10. The minimum absolute atomic E-state index is 0.232. The Labute approximate surface area is 138 Å². The molecule has 0 heterocycles. The fraction of sp³-hybridized carbons (Fsp3) is 0.588. The maximum Gasteiger partial charge on any atom is 0.314 e. The van der Waals surface area contributed by atoms with Crippen molar-refractivity contribution in [2.45, 2.75) is 33.5 Å². The Kier molecular flexibility index (Phi) is 9.83. The average Bonchev–Trinajstić information content (AvgIpc) is 2.54. The van der Waals surface area contributed by atoms with Crippen molar-refractivity contribution < 1.29 is 19.0 Å². The Morgan fingerprint density at radius 2 is 1.74 bits per heavy atom. The van der Waals surface area contributed by atoms with Crippen molar-refractivity contribution in [1.29, 1.82) is 0 Å². The summed E-state index contributed by atoms with van der Waals surface area (Å²) >= 11 is 0. The highest BCUT2D eigenvalue weighted by Crippen LogP contribution is 2.11. The molecule has 0 bridgehead atoms. The molecule has 0 saturated carbocycles. The maximum absolute atomic E-state index is 11.7. The Balaban J connectivity index is 2.08. The summed E-state index contributed by atoms with van der Waals surface area (Å²) in [4.78, 5) is 11.7. The van der Waals surface area contributed by atoms with Crippen molar-refractivity contribution >= 4 is 6.03 Å². The summed E-state index contributed by atoms with van der Waals surface area (Å²) in [5, 5.41) is 5.50. The van der Waals surface area contributed by atoms with E-state index in [1.165, 1.54) is 5.56 Å². The number of nitrogens with one attached hydrogen (secondary N) is 2. The highest BCUT2D eigenvalue weighted by atomic mass is 16.7. The Morgan fingerprint density at radius 1 is 1.09 bits per heavy atom. The molecule has 0 spiro atoms. The summed E-state index contributed by atoms with van der Waals surface area (Å²) in [6, 6.07) is 7.67. The molecule has 0 aliphatic carbocycles. The van der Waals surface area contributed by atoms with Crippen LogP contribution in [0.2, 0.25) is 0 Å². The quantitative estimate of drug-likeness (QED) is 0.485. The molecule has 0 unspecified atom stereocenters. The van der Waals surface area contributed by atoms with Crippen LogP contribution in [-0.4, -0.2) is 45.2 Å². The van der Waals surface area contributed by atoms with Crippen molar-refractivity contribution in [2.24, 2.45) is 0 Å². The first-order chi connectivity index (χ1) is 11.2. The number of urea groups is 1. The normalized spacial score (nSPS) is 10.6. The van der Waals surface area contributed by atoms with Gasteiger partial charge in [-0.25, -0.2) is 4.79 Å². The van der Waals surface area contributed by atoms with Crippen LogP contribution in [-0.2, 0) is 9.47 Å². The number of rotatable bonds is 11. The summed E-state index contributed by atoms with van der Waals surface area (Å²) in [7, 11) is 0. The molecule has 0 saturated heterocycles. The summed E-state index contributed by atoms with van der Waals surface area (Å²) in [5.41, 5.74) is 1.20. The van der Waals surface area contributed by atoms with Crippen LogP contribution in [0.1, 0.15) is 25.8 Å². The van der Waals surface area contributed by atoms with E-state index in [-0.39, 0.29) is 6.03 Å². The van der Waals surface area contributed by atoms with Gasteiger partial charge in [0.25, 0.3) is 0 Å². The maximum atomic E-state index is 11.7. The van der Waals surface area contributed by atoms with E-state index in [4.69, 9.17) is 14.2 Å².